The van der Waals surface area contributed by atoms with Gasteiger partial charge in [-0.15, -0.1) is 0 Å². The number of aliphatic hydroxyl groups excluding tert-OH is 1. The Morgan fingerprint density at radius 2 is 1.95 bits per heavy atom. The van der Waals surface area contributed by atoms with Crippen LogP contribution in [-0.2, 0) is 6.54 Å². The number of nitrogens with two attached hydrogens (primary N) is 1. The van der Waals surface area contributed by atoms with E-state index in [1.807, 2.05) is 24.3 Å². The summed E-state index contributed by atoms with van der Waals surface area (Å²) in [5.41, 5.74) is 8.95. The second-order valence-corrected chi connectivity index (χ2v) is 4.49. The quantitative estimate of drug-likeness (QED) is 0.747. The number of nitriles is 1. The minimum atomic E-state index is 0.0575. The molecule has 0 fully saturated rings. The number of nitrogen functional groups attached to an aromatic ring is 1. The molecule has 0 saturated heterocycles. The van der Waals surface area contributed by atoms with Crippen molar-refractivity contribution in [3.8, 4) is 6.07 Å². The van der Waals surface area contributed by atoms with Gasteiger partial charge in [-0.1, -0.05) is 12.1 Å². The first-order valence-corrected chi connectivity index (χ1v) is 6.31. The van der Waals surface area contributed by atoms with Gasteiger partial charge in [0.15, 0.2) is 5.65 Å². The molecular formula is C14H13N5O. The lowest BCUT2D eigenvalue weighted by atomic mass is 10.2. The van der Waals surface area contributed by atoms with E-state index >= 15 is 0 Å². The molecule has 0 unspecified atom stereocenters. The van der Waals surface area contributed by atoms with Gasteiger partial charge in [0.05, 0.1) is 11.0 Å². The lowest BCUT2D eigenvalue weighted by Crippen LogP contribution is -2.05. The minimum Gasteiger partial charge on any atom is -0.396 e. The van der Waals surface area contributed by atoms with Crippen LogP contribution in [0.3, 0.4) is 0 Å². The minimum absolute atomic E-state index is 0.0575. The smallest absolute Gasteiger partial charge is 0.162 e. The maximum Gasteiger partial charge on any atom is 0.162 e. The molecule has 0 radical (unpaired) electrons. The van der Waals surface area contributed by atoms with Crippen LogP contribution in [0.15, 0.2) is 24.3 Å². The second-order valence-electron chi connectivity index (χ2n) is 4.49. The molecule has 6 nitrogen and oxygen atoms in total. The summed E-state index contributed by atoms with van der Waals surface area (Å²) in [5.74, 6) is 0.353. The second kappa shape index (κ2) is 4.79. The van der Waals surface area contributed by atoms with E-state index in [1.54, 1.807) is 4.57 Å². The predicted octanol–water partition coefficient (Wildman–Crippen LogP) is 1.42. The van der Waals surface area contributed by atoms with E-state index in [2.05, 4.69) is 16.0 Å². The summed E-state index contributed by atoms with van der Waals surface area (Å²) < 4.78 is 1.74. The Kier molecular flexibility index (Phi) is 2.97. The van der Waals surface area contributed by atoms with Crippen LogP contribution in [0.1, 0.15) is 12.0 Å². The summed E-state index contributed by atoms with van der Waals surface area (Å²) in [6.45, 7) is 0.565. The van der Waals surface area contributed by atoms with Crippen LogP contribution in [0.5, 0.6) is 0 Å². The van der Waals surface area contributed by atoms with Gasteiger partial charge in [0.25, 0.3) is 0 Å². The van der Waals surface area contributed by atoms with Crippen molar-refractivity contribution in [2.45, 2.75) is 13.0 Å². The summed E-state index contributed by atoms with van der Waals surface area (Å²) >= 11 is 0. The first-order valence-electron chi connectivity index (χ1n) is 6.31. The number of fused-ring (bicyclic) bond motifs is 2. The third kappa shape index (κ3) is 1.76. The number of aryl methyl sites for hydroxylation is 1. The summed E-state index contributed by atoms with van der Waals surface area (Å²) in [6, 6.07) is 9.57. The van der Waals surface area contributed by atoms with Gasteiger partial charge in [-0.05, 0) is 18.6 Å². The summed E-state index contributed by atoms with van der Waals surface area (Å²) in [6.07, 6.45) is 0.549. The number of rotatable bonds is 3. The number of benzene rings is 1. The van der Waals surface area contributed by atoms with E-state index in [4.69, 9.17) is 10.8 Å². The van der Waals surface area contributed by atoms with Gasteiger partial charge in [-0.3, -0.25) is 0 Å². The first kappa shape index (κ1) is 12.4. The topological polar surface area (TPSA) is 101 Å². The number of aliphatic hydroxyl groups is 1. The van der Waals surface area contributed by atoms with Crippen molar-refractivity contribution in [2.75, 3.05) is 12.3 Å². The van der Waals surface area contributed by atoms with Crippen LogP contribution in [0.2, 0.25) is 0 Å². The van der Waals surface area contributed by atoms with Crippen molar-refractivity contribution in [2.24, 2.45) is 0 Å². The van der Waals surface area contributed by atoms with Crippen LogP contribution in [0.25, 0.3) is 22.2 Å². The highest BCUT2D eigenvalue weighted by Crippen LogP contribution is 2.27. The van der Waals surface area contributed by atoms with Crippen LogP contribution >= 0.6 is 0 Å². The van der Waals surface area contributed by atoms with E-state index in [9.17, 15) is 5.26 Å². The third-order valence-electron chi connectivity index (χ3n) is 3.24. The molecule has 0 amide bonds. The molecule has 0 aliphatic rings. The van der Waals surface area contributed by atoms with E-state index in [0.29, 0.717) is 35.5 Å². The Morgan fingerprint density at radius 1 is 1.25 bits per heavy atom. The van der Waals surface area contributed by atoms with Crippen LogP contribution in [0, 0.1) is 11.3 Å². The molecule has 100 valence electrons. The summed E-state index contributed by atoms with van der Waals surface area (Å²) in [7, 11) is 0. The fraction of sp³-hybridized carbons (Fsp3) is 0.214. The molecule has 1 aromatic carbocycles. The summed E-state index contributed by atoms with van der Waals surface area (Å²) in [5, 5.41) is 18.2. The highest BCUT2D eigenvalue weighted by atomic mass is 16.3. The molecule has 0 aliphatic carbocycles. The van der Waals surface area contributed by atoms with Gasteiger partial charge in [0.2, 0.25) is 0 Å². The molecule has 20 heavy (non-hydrogen) atoms. The van der Waals surface area contributed by atoms with Gasteiger partial charge in [-0.25, -0.2) is 9.97 Å². The van der Waals surface area contributed by atoms with Crippen LogP contribution in [-0.4, -0.2) is 26.2 Å². The molecule has 3 rings (SSSR count). The molecule has 2 aromatic heterocycles. The van der Waals surface area contributed by atoms with Crippen molar-refractivity contribution < 1.29 is 5.11 Å². The van der Waals surface area contributed by atoms with Crippen molar-refractivity contribution in [3.63, 3.8) is 0 Å². The molecule has 0 aliphatic heterocycles. The van der Waals surface area contributed by atoms with E-state index in [0.717, 1.165) is 11.0 Å². The van der Waals surface area contributed by atoms with Crippen molar-refractivity contribution in [1.29, 1.82) is 5.26 Å². The average molecular weight is 267 g/mol. The zero-order valence-corrected chi connectivity index (χ0v) is 10.7. The van der Waals surface area contributed by atoms with Gasteiger partial charge in [-0.2, -0.15) is 5.26 Å². The molecule has 0 spiro atoms. The fourth-order valence-corrected chi connectivity index (χ4v) is 2.28. The Bertz CT molecular complexity index is 831. The standard InChI is InChI=1S/C14H13N5O/c15-8-9-12-14(19(13(9)16)6-3-7-20)18-11-5-2-1-4-10(11)17-12/h1-2,4-5,20H,3,6-7,16H2. The Hall–Kier alpha value is -2.65. The Labute approximate surface area is 115 Å². The molecule has 0 saturated carbocycles. The average Bonchev–Trinajstić information content (AvgIpc) is 2.73. The fourth-order valence-electron chi connectivity index (χ4n) is 2.28. The summed E-state index contributed by atoms with van der Waals surface area (Å²) in [4.78, 5) is 9.04. The lowest BCUT2D eigenvalue weighted by Gasteiger charge is -2.05. The molecule has 0 bridgehead atoms. The predicted molar refractivity (Wildman–Crippen MR) is 75.9 cm³/mol. The lowest BCUT2D eigenvalue weighted by molar-refractivity contribution is 0.281. The third-order valence-corrected chi connectivity index (χ3v) is 3.24. The van der Waals surface area contributed by atoms with Crippen molar-refractivity contribution in [1.82, 2.24) is 14.5 Å². The number of hydrogen-bond donors (Lipinski definition) is 2. The molecular weight excluding hydrogens is 254 g/mol. The van der Waals surface area contributed by atoms with E-state index in [-0.39, 0.29) is 6.61 Å². The monoisotopic (exact) mass is 267 g/mol. The molecule has 3 aromatic rings. The number of aromatic nitrogens is 3. The van der Waals surface area contributed by atoms with Crippen LogP contribution in [0.4, 0.5) is 5.82 Å². The number of anilines is 1. The Balaban J connectivity index is 2.35. The molecule has 0 atom stereocenters. The highest BCUT2D eigenvalue weighted by molar-refractivity contribution is 5.92. The van der Waals surface area contributed by atoms with Gasteiger partial charge < -0.3 is 15.4 Å². The molecule has 3 N–H and O–H groups in total. The number of hydrogen-bond acceptors (Lipinski definition) is 5. The van der Waals surface area contributed by atoms with E-state index in [1.165, 1.54) is 0 Å². The van der Waals surface area contributed by atoms with Crippen molar-refractivity contribution in [3.05, 3.63) is 29.8 Å². The maximum atomic E-state index is 9.27. The number of para-hydroxylation sites is 2. The molecule has 6 heteroatoms. The van der Waals surface area contributed by atoms with Crippen molar-refractivity contribution >= 4 is 28.0 Å². The molecule has 2 heterocycles. The van der Waals surface area contributed by atoms with Gasteiger partial charge in [0, 0.05) is 13.2 Å². The number of nitrogens with zero attached hydrogens (tertiary/aromatic N) is 4. The first-order chi connectivity index (χ1) is 9.76. The zero-order valence-electron chi connectivity index (χ0n) is 10.7. The largest absolute Gasteiger partial charge is 0.396 e. The van der Waals surface area contributed by atoms with E-state index < -0.39 is 0 Å². The maximum absolute atomic E-state index is 9.27. The SMILES string of the molecule is N#Cc1c(N)n(CCCO)c2nc3ccccc3nc12. The highest BCUT2D eigenvalue weighted by Gasteiger charge is 2.17. The van der Waals surface area contributed by atoms with Gasteiger partial charge in [0.1, 0.15) is 23.0 Å². The zero-order chi connectivity index (χ0) is 14.1. The Morgan fingerprint density at radius 3 is 2.60 bits per heavy atom. The normalized spacial score (nSPS) is 11.0. The van der Waals surface area contributed by atoms with Crippen LogP contribution < -0.4 is 5.73 Å². The van der Waals surface area contributed by atoms with Gasteiger partial charge >= 0.3 is 0 Å².